The van der Waals surface area contributed by atoms with E-state index in [1.165, 1.54) is 5.56 Å². The van der Waals surface area contributed by atoms with Crippen LogP contribution in [-0.2, 0) is 6.42 Å². The van der Waals surface area contributed by atoms with E-state index in [2.05, 4.69) is 42.3 Å². The van der Waals surface area contributed by atoms with Crippen LogP contribution in [0.15, 0.2) is 48.7 Å². The van der Waals surface area contributed by atoms with Crippen molar-refractivity contribution in [1.82, 2.24) is 10.3 Å². The number of rotatable bonds is 8. The number of hydrogen-bond acceptors (Lipinski definition) is 3. The average Bonchev–Trinajstić information content (AvgIpc) is 2.54. The van der Waals surface area contributed by atoms with Crippen LogP contribution in [0.4, 0.5) is 0 Å². The molecule has 3 nitrogen and oxygen atoms in total. The third-order valence-electron chi connectivity index (χ3n) is 3.35. The number of hydrogen-bond donors (Lipinski definition) is 1. The molecule has 2 rings (SSSR count). The molecule has 0 amide bonds. The summed E-state index contributed by atoms with van der Waals surface area (Å²) in [4.78, 5) is 4.42. The smallest absolute Gasteiger partial charge is 0.119 e. The maximum atomic E-state index is 5.64. The molecule has 0 saturated heterocycles. The van der Waals surface area contributed by atoms with Crippen molar-refractivity contribution in [2.24, 2.45) is 0 Å². The van der Waals surface area contributed by atoms with E-state index in [9.17, 15) is 0 Å². The third kappa shape index (κ3) is 4.87. The predicted octanol–water partition coefficient (Wildman–Crippen LogP) is 3.76. The highest BCUT2D eigenvalue weighted by atomic mass is 16.5. The maximum Gasteiger partial charge on any atom is 0.119 e. The molecule has 0 radical (unpaired) electrons. The summed E-state index contributed by atoms with van der Waals surface area (Å²) in [5, 5.41) is 3.53. The fourth-order valence-corrected chi connectivity index (χ4v) is 2.30. The SMILES string of the molecule is CCCOc1ccc(C(Cc2ccccn2)NCC)cc1. The van der Waals surface area contributed by atoms with Crippen LogP contribution in [0.3, 0.4) is 0 Å². The molecule has 1 unspecified atom stereocenters. The van der Waals surface area contributed by atoms with Gasteiger partial charge in [-0.05, 0) is 42.8 Å². The first-order valence-corrected chi connectivity index (χ1v) is 7.69. The Hall–Kier alpha value is -1.87. The minimum atomic E-state index is 0.283. The molecule has 0 aliphatic heterocycles. The zero-order valence-corrected chi connectivity index (χ0v) is 12.9. The number of likely N-dealkylation sites (N-methyl/N-ethyl adjacent to an activating group) is 1. The van der Waals surface area contributed by atoms with Crippen molar-refractivity contribution in [3.05, 3.63) is 59.9 Å². The molecule has 2 aromatic rings. The van der Waals surface area contributed by atoms with Gasteiger partial charge in [0, 0.05) is 24.4 Å². The topological polar surface area (TPSA) is 34.1 Å². The van der Waals surface area contributed by atoms with Gasteiger partial charge in [-0.3, -0.25) is 4.98 Å². The minimum Gasteiger partial charge on any atom is -0.494 e. The van der Waals surface area contributed by atoms with Gasteiger partial charge in [0.1, 0.15) is 5.75 Å². The lowest BCUT2D eigenvalue weighted by atomic mass is 10.0. The van der Waals surface area contributed by atoms with Gasteiger partial charge in [-0.25, -0.2) is 0 Å². The van der Waals surface area contributed by atoms with Crippen LogP contribution >= 0.6 is 0 Å². The van der Waals surface area contributed by atoms with Crippen molar-refractivity contribution in [2.45, 2.75) is 32.7 Å². The Morgan fingerprint density at radius 2 is 1.90 bits per heavy atom. The van der Waals surface area contributed by atoms with Crippen LogP contribution in [0.25, 0.3) is 0 Å². The second-order valence-electron chi connectivity index (χ2n) is 5.05. The van der Waals surface area contributed by atoms with Crippen molar-refractivity contribution in [3.63, 3.8) is 0 Å². The molecule has 0 saturated carbocycles. The zero-order valence-electron chi connectivity index (χ0n) is 12.9. The van der Waals surface area contributed by atoms with Gasteiger partial charge >= 0.3 is 0 Å². The van der Waals surface area contributed by atoms with E-state index in [-0.39, 0.29) is 6.04 Å². The lowest BCUT2D eigenvalue weighted by molar-refractivity contribution is 0.317. The van der Waals surface area contributed by atoms with Crippen LogP contribution in [0.2, 0.25) is 0 Å². The Kier molecular flexibility index (Phi) is 6.22. The first-order chi connectivity index (χ1) is 10.3. The highest BCUT2D eigenvalue weighted by molar-refractivity contribution is 5.30. The molecule has 0 spiro atoms. The summed E-state index contributed by atoms with van der Waals surface area (Å²) in [6, 6.07) is 14.7. The Labute approximate surface area is 127 Å². The average molecular weight is 284 g/mol. The molecule has 0 fully saturated rings. The second-order valence-corrected chi connectivity index (χ2v) is 5.05. The highest BCUT2D eigenvalue weighted by Crippen LogP contribution is 2.21. The summed E-state index contributed by atoms with van der Waals surface area (Å²) < 4.78 is 5.64. The van der Waals surface area contributed by atoms with Crippen LogP contribution in [-0.4, -0.2) is 18.1 Å². The Morgan fingerprint density at radius 1 is 1.10 bits per heavy atom. The number of ether oxygens (including phenoxy) is 1. The van der Waals surface area contributed by atoms with E-state index in [0.717, 1.165) is 37.4 Å². The standard InChI is InChI=1S/C18H24N2O/c1-3-13-21-17-10-8-15(9-11-17)18(19-4-2)14-16-7-5-6-12-20-16/h5-12,18-19H,3-4,13-14H2,1-2H3. The van der Waals surface area contributed by atoms with Gasteiger partial charge in [0.25, 0.3) is 0 Å². The molecular formula is C18H24N2O. The Balaban J connectivity index is 2.06. The fraction of sp³-hybridized carbons (Fsp3) is 0.389. The largest absolute Gasteiger partial charge is 0.494 e. The van der Waals surface area contributed by atoms with Gasteiger partial charge in [0.05, 0.1) is 6.61 Å². The van der Waals surface area contributed by atoms with Crippen LogP contribution in [0.1, 0.15) is 37.6 Å². The molecule has 1 N–H and O–H groups in total. The van der Waals surface area contributed by atoms with E-state index in [4.69, 9.17) is 4.74 Å². The van der Waals surface area contributed by atoms with Crippen molar-refractivity contribution in [2.75, 3.05) is 13.2 Å². The monoisotopic (exact) mass is 284 g/mol. The summed E-state index contributed by atoms with van der Waals surface area (Å²) in [6.07, 6.45) is 3.77. The number of aromatic nitrogens is 1. The summed E-state index contributed by atoms with van der Waals surface area (Å²) >= 11 is 0. The van der Waals surface area contributed by atoms with Gasteiger partial charge in [-0.15, -0.1) is 0 Å². The molecule has 3 heteroatoms. The van der Waals surface area contributed by atoms with Crippen molar-refractivity contribution >= 4 is 0 Å². The van der Waals surface area contributed by atoms with Gasteiger partial charge in [0.2, 0.25) is 0 Å². The molecule has 112 valence electrons. The van der Waals surface area contributed by atoms with Gasteiger partial charge in [-0.1, -0.05) is 32.0 Å². The normalized spacial score (nSPS) is 12.1. The summed E-state index contributed by atoms with van der Waals surface area (Å²) in [5.74, 6) is 0.939. The number of nitrogens with one attached hydrogen (secondary N) is 1. The lowest BCUT2D eigenvalue weighted by Crippen LogP contribution is -2.23. The van der Waals surface area contributed by atoms with Crippen molar-refractivity contribution in [3.8, 4) is 5.75 Å². The number of pyridine rings is 1. The van der Waals surface area contributed by atoms with E-state index < -0.39 is 0 Å². The van der Waals surface area contributed by atoms with Crippen LogP contribution in [0.5, 0.6) is 5.75 Å². The molecule has 1 atom stereocenters. The van der Waals surface area contributed by atoms with Crippen molar-refractivity contribution in [1.29, 1.82) is 0 Å². The Morgan fingerprint density at radius 3 is 2.52 bits per heavy atom. The third-order valence-corrected chi connectivity index (χ3v) is 3.35. The number of nitrogens with zero attached hydrogens (tertiary/aromatic N) is 1. The van der Waals surface area contributed by atoms with Crippen molar-refractivity contribution < 1.29 is 4.74 Å². The molecule has 1 aromatic heterocycles. The molecular weight excluding hydrogens is 260 g/mol. The molecule has 21 heavy (non-hydrogen) atoms. The maximum absolute atomic E-state index is 5.64. The van der Waals surface area contributed by atoms with E-state index in [0.29, 0.717) is 0 Å². The van der Waals surface area contributed by atoms with Gasteiger partial charge in [-0.2, -0.15) is 0 Å². The predicted molar refractivity (Wildman–Crippen MR) is 86.6 cm³/mol. The molecule has 0 aliphatic carbocycles. The first-order valence-electron chi connectivity index (χ1n) is 7.69. The first kappa shape index (κ1) is 15.5. The van der Waals surface area contributed by atoms with Gasteiger partial charge < -0.3 is 10.1 Å². The number of benzene rings is 1. The lowest BCUT2D eigenvalue weighted by Gasteiger charge is -2.18. The summed E-state index contributed by atoms with van der Waals surface area (Å²) in [6.45, 7) is 5.95. The molecule has 1 heterocycles. The minimum absolute atomic E-state index is 0.283. The van der Waals surface area contributed by atoms with Crippen LogP contribution < -0.4 is 10.1 Å². The fourth-order valence-electron chi connectivity index (χ4n) is 2.30. The summed E-state index contributed by atoms with van der Waals surface area (Å²) in [5.41, 5.74) is 2.38. The second kappa shape index (κ2) is 8.42. The molecule has 0 aliphatic rings. The quantitative estimate of drug-likeness (QED) is 0.801. The van der Waals surface area contributed by atoms with E-state index in [1.807, 2.05) is 30.5 Å². The van der Waals surface area contributed by atoms with Gasteiger partial charge in [0.15, 0.2) is 0 Å². The highest BCUT2D eigenvalue weighted by Gasteiger charge is 2.11. The van der Waals surface area contributed by atoms with Crippen LogP contribution in [0, 0.1) is 0 Å². The zero-order chi connectivity index (χ0) is 14.9. The molecule has 1 aromatic carbocycles. The Bertz CT molecular complexity index is 511. The van der Waals surface area contributed by atoms with E-state index >= 15 is 0 Å². The summed E-state index contributed by atoms with van der Waals surface area (Å²) in [7, 11) is 0. The van der Waals surface area contributed by atoms with E-state index in [1.54, 1.807) is 0 Å². The molecule has 0 bridgehead atoms.